The Morgan fingerprint density at radius 1 is 0.967 bits per heavy atom. The van der Waals surface area contributed by atoms with Gasteiger partial charge >= 0.3 is 0 Å². The van der Waals surface area contributed by atoms with Crippen LogP contribution in [0.3, 0.4) is 0 Å². The number of hydrogen-bond donors (Lipinski definition) is 1. The molecule has 2 aliphatic rings. The Morgan fingerprint density at radius 2 is 1.60 bits per heavy atom. The highest BCUT2D eigenvalue weighted by molar-refractivity contribution is 5.99. The van der Waals surface area contributed by atoms with E-state index in [0.29, 0.717) is 26.2 Å². The van der Waals surface area contributed by atoms with Crippen LogP contribution < -0.4 is 10.6 Å². The second-order valence-corrected chi connectivity index (χ2v) is 7.88. The standard InChI is InChI=1S/C23H28N4O2.ClH/c1-17-7-9-18(10-8-17)21(24)23(29)26-15-13-25(14-16-26)20-11-12-27(22(20)28)19-5-3-2-4-6-19;/h2-10,20-21H,11-16,24H2,1H3;1H. The van der Waals surface area contributed by atoms with Gasteiger partial charge in [0.1, 0.15) is 6.04 Å². The lowest BCUT2D eigenvalue weighted by Gasteiger charge is -2.38. The molecule has 2 aromatic rings. The van der Waals surface area contributed by atoms with Gasteiger partial charge in [0, 0.05) is 38.4 Å². The van der Waals surface area contributed by atoms with E-state index in [2.05, 4.69) is 4.90 Å². The fraction of sp³-hybridized carbons (Fsp3) is 0.391. The number of halogens is 1. The first-order valence-electron chi connectivity index (χ1n) is 10.3. The van der Waals surface area contributed by atoms with Crippen LogP contribution in [0.25, 0.3) is 0 Å². The molecule has 6 nitrogen and oxygen atoms in total. The lowest BCUT2D eigenvalue weighted by atomic mass is 10.0. The molecule has 0 spiro atoms. The molecule has 2 aromatic carbocycles. The van der Waals surface area contributed by atoms with E-state index in [4.69, 9.17) is 5.73 Å². The first kappa shape index (κ1) is 22.3. The van der Waals surface area contributed by atoms with E-state index in [9.17, 15) is 9.59 Å². The van der Waals surface area contributed by atoms with Crippen LogP contribution in [0.5, 0.6) is 0 Å². The predicted molar refractivity (Wildman–Crippen MR) is 121 cm³/mol. The predicted octanol–water partition coefficient (Wildman–Crippen LogP) is 2.37. The third-order valence-corrected chi connectivity index (χ3v) is 6.01. The van der Waals surface area contributed by atoms with Crippen molar-refractivity contribution in [3.05, 3.63) is 65.7 Å². The summed E-state index contributed by atoms with van der Waals surface area (Å²) in [5.74, 6) is 0.115. The Labute approximate surface area is 184 Å². The summed E-state index contributed by atoms with van der Waals surface area (Å²) in [5, 5.41) is 0. The molecule has 30 heavy (non-hydrogen) atoms. The van der Waals surface area contributed by atoms with Gasteiger partial charge in [-0.2, -0.15) is 0 Å². The molecule has 2 amide bonds. The monoisotopic (exact) mass is 428 g/mol. The quantitative estimate of drug-likeness (QED) is 0.811. The van der Waals surface area contributed by atoms with Crippen molar-refractivity contribution in [1.82, 2.24) is 9.80 Å². The molecule has 2 aliphatic heterocycles. The molecule has 0 aromatic heterocycles. The summed E-state index contributed by atoms with van der Waals surface area (Å²) in [6.45, 7) is 5.36. The molecule has 2 unspecified atom stereocenters. The molecule has 0 bridgehead atoms. The highest BCUT2D eigenvalue weighted by Gasteiger charge is 2.38. The number of rotatable bonds is 4. The van der Waals surface area contributed by atoms with E-state index in [-0.39, 0.29) is 30.3 Å². The van der Waals surface area contributed by atoms with Gasteiger partial charge in [-0.3, -0.25) is 14.5 Å². The summed E-state index contributed by atoms with van der Waals surface area (Å²) in [4.78, 5) is 31.7. The van der Waals surface area contributed by atoms with Crippen LogP contribution in [-0.2, 0) is 9.59 Å². The van der Waals surface area contributed by atoms with Crippen LogP contribution in [0.15, 0.2) is 54.6 Å². The van der Waals surface area contributed by atoms with Crippen molar-refractivity contribution >= 4 is 29.9 Å². The maximum atomic E-state index is 12.9. The lowest BCUT2D eigenvalue weighted by molar-refractivity contribution is -0.135. The van der Waals surface area contributed by atoms with Crippen LogP contribution in [0.2, 0.25) is 0 Å². The van der Waals surface area contributed by atoms with Gasteiger partial charge in [-0.25, -0.2) is 0 Å². The largest absolute Gasteiger partial charge is 0.338 e. The summed E-state index contributed by atoms with van der Waals surface area (Å²) >= 11 is 0. The van der Waals surface area contributed by atoms with Crippen LogP contribution in [-0.4, -0.2) is 60.4 Å². The SMILES string of the molecule is Cc1ccc(C(N)C(=O)N2CCN(C3CCN(c4ccccc4)C3=O)CC2)cc1.Cl. The Kier molecular flexibility index (Phi) is 7.13. The number of nitrogens with two attached hydrogens (primary N) is 1. The zero-order valence-corrected chi connectivity index (χ0v) is 18.1. The summed E-state index contributed by atoms with van der Waals surface area (Å²) in [7, 11) is 0. The van der Waals surface area contributed by atoms with Crippen molar-refractivity contribution in [3.63, 3.8) is 0 Å². The van der Waals surface area contributed by atoms with Crippen LogP contribution in [0, 0.1) is 6.92 Å². The first-order chi connectivity index (χ1) is 14.0. The van der Waals surface area contributed by atoms with Crippen molar-refractivity contribution in [1.29, 1.82) is 0 Å². The highest BCUT2D eigenvalue weighted by Crippen LogP contribution is 2.25. The minimum absolute atomic E-state index is 0. The third kappa shape index (κ3) is 4.51. The number of carbonyl (C=O) groups excluding carboxylic acids is 2. The van der Waals surface area contributed by atoms with E-state index in [1.807, 2.05) is 71.3 Å². The number of piperazine rings is 1. The number of hydrogen-bond acceptors (Lipinski definition) is 4. The molecular formula is C23H29ClN4O2. The van der Waals surface area contributed by atoms with Crippen molar-refractivity contribution in [2.45, 2.75) is 25.4 Å². The Morgan fingerprint density at radius 3 is 2.23 bits per heavy atom. The highest BCUT2D eigenvalue weighted by atomic mass is 35.5. The number of amides is 2. The summed E-state index contributed by atoms with van der Waals surface area (Å²) in [6, 6.07) is 16.9. The number of anilines is 1. The molecule has 2 saturated heterocycles. The van der Waals surface area contributed by atoms with Crippen molar-refractivity contribution in [2.75, 3.05) is 37.6 Å². The molecule has 2 heterocycles. The van der Waals surface area contributed by atoms with Crippen LogP contribution >= 0.6 is 12.4 Å². The molecule has 0 radical (unpaired) electrons. The summed E-state index contributed by atoms with van der Waals surface area (Å²) in [6.07, 6.45) is 0.824. The molecule has 2 N–H and O–H groups in total. The van der Waals surface area contributed by atoms with Crippen LogP contribution in [0.4, 0.5) is 5.69 Å². The number of para-hydroxylation sites is 1. The molecule has 0 saturated carbocycles. The van der Waals surface area contributed by atoms with E-state index in [0.717, 1.165) is 29.8 Å². The van der Waals surface area contributed by atoms with Gasteiger partial charge in [0.25, 0.3) is 0 Å². The van der Waals surface area contributed by atoms with E-state index < -0.39 is 6.04 Å². The van der Waals surface area contributed by atoms with Crippen molar-refractivity contribution in [2.24, 2.45) is 5.73 Å². The van der Waals surface area contributed by atoms with Gasteiger partial charge in [-0.15, -0.1) is 12.4 Å². The molecular weight excluding hydrogens is 400 g/mol. The van der Waals surface area contributed by atoms with Crippen molar-refractivity contribution in [3.8, 4) is 0 Å². The Hall–Kier alpha value is -2.41. The molecule has 160 valence electrons. The molecule has 0 aliphatic carbocycles. The fourth-order valence-electron chi connectivity index (χ4n) is 4.24. The van der Waals surface area contributed by atoms with Gasteiger partial charge in [0.05, 0.1) is 6.04 Å². The third-order valence-electron chi connectivity index (χ3n) is 6.01. The maximum absolute atomic E-state index is 12.9. The van der Waals surface area contributed by atoms with E-state index >= 15 is 0 Å². The van der Waals surface area contributed by atoms with Crippen LogP contribution in [0.1, 0.15) is 23.6 Å². The first-order valence-corrected chi connectivity index (χ1v) is 10.3. The number of aryl methyl sites for hydroxylation is 1. The second-order valence-electron chi connectivity index (χ2n) is 7.88. The summed E-state index contributed by atoms with van der Waals surface area (Å²) < 4.78 is 0. The average molecular weight is 429 g/mol. The van der Waals surface area contributed by atoms with Gasteiger partial charge in [-0.05, 0) is 31.0 Å². The number of benzene rings is 2. The van der Waals surface area contributed by atoms with E-state index in [1.165, 1.54) is 0 Å². The zero-order chi connectivity index (χ0) is 20.4. The Bertz CT molecular complexity index is 867. The minimum atomic E-state index is -0.635. The van der Waals surface area contributed by atoms with Gasteiger partial charge in [-0.1, -0.05) is 48.0 Å². The number of carbonyl (C=O) groups is 2. The lowest BCUT2D eigenvalue weighted by Crippen LogP contribution is -2.55. The molecule has 7 heteroatoms. The fourth-order valence-corrected chi connectivity index (χ4v) is 4.24. The Balaban J connectivity index is 0.00000256. The van der Waals surface area contributed by atoms with Crippen molar-refractivity contribution < 1.29 is 9.59 Å². The minimum Gasteiger partial charge on any atom is -0.338 e. The van der Waals surface area contributed by atoms with E-state index in [1.54, 1.807) is 0 Å². The topological polar surface area (TPSA) is 69.9 Å². The van der Waals surface area contributed by atoms with Gasteiger partial charge in [0.15, 0.2) is 0 Å². The normalized spacial score (nSPS) is 20.7. The smallest absolute Gasteiger partial charge is 0.244 e. The molecule has 2 atom stereocenters. The van der Waals surface area contributed by atoms with Gasteiger partial charge in [0.2, 0.25) is 11.8 Å². The molecule has 2 fully saturated rings. The maximum Gasteiger partial charge on any atom is 0.244 e. The number of nitrogens with zero attached hydrogens (tertiary/aromatic N) is 3. The second kappa shape index (κ2) is 9.60. The summed E-state index contributed by atoms with van der Waals surface area (Å²) in [5.41, 5.74) is 9.16. The zero-order valence-electron chi connectivity index (χ0n) is 17.2. The molecule has 4 rings (SSSR count). The van der Waals surface area contributed by atoms with Gasteiger partial charge < -0.3 is 15.5 Å². The average Bonchev–Trinajstić information content (AvgIpc) is 3.15.